The number of hydrogen-bond acceptors (Lipinski definition) is 4. The van der Waals surface area contributed by atoms with Crippen LogP contribution in [0.2, 0.25) is 0 Å². The highest BCUT2D eigenvalue weighted by Crippen LogP contribution is 2.31. The molecule has 1 unspecified atom stereocenters. The molecule has 23 heavy (non-hydrogen) atoms. The summed E-state index contributed by atoms with van der Waals surface area (Å²) >= 11 is 0. The number of hydrogen-bond donors (Lipinski definition) is 2. The second-order valence-electron chi connectivity index (χ2n) is 6.09. The third kappa shape index (κ3) is 4.21. The van der Waals surface area contributed by atoms with E-state index in [2.05, 4.69) is 41.2 Å². The molecule has 0 bridgehead atoms. The van der Waals surface area contributed by atoms with Gasteiger partial charge in [0.1, 0.15) is 0 Å². The Hall–Kier alpha value is -1.65. The van der Waals surface area contributed by atoms with Gasteiger partial charge in [-0.3, -0.25) is 4.98 Å². The minimum atomic E-state index is -0.472. The molecule has 1 aromatic heterocycles. The van der Waals surface area contributed by atoms with Gasteiger partial charge < -0.3 is 15.3 Å². The van der Waals surface area contributed by atoms with Crippen LogP contribution in [0.15, 0.2) is 30.3 Å². The Morgan fingerprint density at radius 3 is 2.48 bits per heavy atom. The van der Waals surface area contributed by atoms with Crippen molar-refractivity contribution in [3.05, 3.63) is 36.0 Å². The second kappa shape index (κ2) is 8.27. The maximum Gasteiger partial charge on any atom is 0.0890 e. The normalized spacial score (nSPS) is 12.5. The van der Waals surface area contributed by atoms with E-state index in [-0.39, 0.29) is 5.54 Å². The summed E-state index contributed by atoms with van der Waals surface area (Å²) in [6, 6.07) is 10.2. The molecular formula is C19H31N3O. The Balaban J connectivity index is 0.00000127. The number of aromatic nitrogens is 1. The number of anilines is 1. The summed E-state index contributed by atoms with van der Waals surface area (Å²) in [5.74, 6) is 0. The molecule has 4 nitrogen and oxygen atoms in total. The van der Waals surface area contributed by atoms with Crippen LogP contribution in [0.3, 0.4) is 0 Å². The summed E-state index contributed by atoms with van der Waals surface area (Å²) in [6.45, 7) is 10.7. The summed E-state index contributed by atoms with van der Waals surface area (Å²) in [6.07, 6.45) is -0.472. The molecule has 1 heterocycles. The van der Waals surface area contributed by atoms with E-state index in [1.807, 2.05) is 53.1 Å². The van der Waals surface area contributed by atoms with Crippen LogP contribution in [-0.4, -0.2) is 42.4 Å². The third-order valence-electron chi connectivity index (χ3n) is 4.26. The monoisotopic (exact) mass is 317 g/mol. The molecule has 0 amide bonds. The van der Waals surface area contributed by atoms with Crippen LogP contribution in [0.25, 0.3) is 10.9 Å². The molecule has 0 saturated heterocycles. The molecular weight excluding hydrogens is 286 g/mol. The van der Waals surface area contributed by atoms with Crippen molar-refractivity contribution in [1.82, 2.24) is 10.3 Å². The number of aliphatic hydroxyl groups is 1. The zero-order valence-corrected chi connectivity index (χ0v) is 15.5. The van der Waals surface area contributed by atoms with Crippen molar-refractivity contribution >= 4 is 16.6 Å². The lowest BCUT2D eigenvalue weighted by molar-refractivity contribution is 0.102. The lowest BCUT2D eigenvalue weighted by Crippen LogP contribution is -2.54. The lowest BCUT2D eigenvalue weighted by Gasteiger charge is -2.41. The molecule has 128 valence electrons. The zero-order valence-electron chi connectivity index (χ0n) is 15.5. The van der Waals surface area contributed by atoms with Gasteiger partial charge in [-0.15, -0.1) is 0 Å². The summed E-state index contributed by atoms with van der Waals surface area (Å²) < 4.78 is 0. The molecule has 0 radical (unpaired) electrons. The molecule has 0 saturated carbocycles. The third-order valence-corrected chi connectivity index (χ3v) is 4.26. The topological polar surface area (TPSA) is 48.4 Å². The molecule has 0 spiro atoms. The van der Waals surface area contributed by atoms with Crippen molar-refractivity contribution < 1.29 is 5.11 Å². The van der Waals surface area contributed by atoms with E-state index in [1.54, 1.807) is 0 Å². The highest BCUT2D eigenvalue weighted by Gasteiger charge is 2.32. The van der Waals surface area contributed by atoms with E-state index in [4.69, 9.17) is 0 Å². The van der Waals surface area contributed by atoms with Crippen LogP contribution >= 0.6 is 0 Å². The first-order valence-corrected chi connectivity index (χ1v) is 8.31. The highest BCUT2D eigenvalue weighted by molar-refractivity contribution is 5.92. The Labute approximate surface area is 140 Å². The molecule has 1 aromatic carbocycles. The summed E-state index contributed by atoms with van der Waals surface area (Å²) in [4.78, 5) is 6.73. The van der Waals surface area contributed by atoms with Gasteiger partial charge in [-0.2, -0.15) is 0 Å². The van der Waals surface area contributed by atoms with Gasteiger partial charge in [0.15, 0.2) is 0 Å². The van der Waals surface area contributed by atoms with Gasteiger partial charge in [0.05, 0.1) is 17.2 Å². The number of para-hydroxylation sites is 1. The van der Waals surface area contributed by atoms with Gasteiger partial charge in [0.2, 0.25) is 0 Å². The first-order chi connectivity index (χ1) is 10.9. The zero-order chi connectivity index (χ0) is 17.6. The van der Waals surface area contributed by atoms with E-state index in [0.717, 1.165) is 22.3 Å². The highest BCUT2D eigenvalue weighted by atomic mass is 16.3. The van der Waals surface area contributed by atoms with Crippen molar-refractivity contribution in [2.24, 2.45) is 0 Å². The largest absolute Gasteiger partial charge is 0.389 e. The minimum Gasteiger partial charge on any atom is -0.389 e. The van der Waals surface area contributed by atoms with Crippen LogP contribution in [0.1, 0.15) is 33.4 Å². The number of nitrogens with one attached hydrogen (secondary N) is 1. The van der Waals surface area contributed by atoms with Crippen molar-refractivity contribution in [3.63, 3.8) is 0 Å². The van der Waals surface area contributed by atoms with Crippen LogP contribution in [-0.2, 0) is 0 Å². The smallest absolute Gasteiger partial charge is 0.0890 e. The molecule has 2 rings (SSSR count). The Morgan fingerprint density at radius 2 is 1.87 bits per heavy atom. The average Bonchev–Trinajstić information content (AvgIpc) is 2.55. The molecule has 1 atom stereocenters. The number of likely N-dealkylation sites (N-methyl/N-ethyl adjacent to an activating group) is 2. The number of aryl methyl sites for hydroxylation is 1. The summed E-state index contributed by atoms with van der Waals surface area (Å²) in [5.41, 5.74) is 2.67. The van der Waals surface area contributed by atoms with E-state index < -0.39 is 6.10 Å². The van der Waals surface area contributed by atoms with Crippen LogP contribution in [0.5, 0.6) is 0 Å². The predicted octanol–water partition coefficient (Wildman–Crippen LogP) is 3.36. The van der Waals surface area contributed by atoms with Crippen LogP contribution < -0.4 is 10.2 Å². The molecule has 2 aromatic rings. The quantitative estimate of drug-likeness (QED) is 0.888. The van der Waals surface area contributed by atoms with E-state index >= 15 is 0 Å². The summed E-state index contributed by atoms with van der Waals surface area (Å²) in [7, 11) is 3.88. The minimum absolute atomic E-state index is 0.389. The first-order valence-electron chi connectivity index (χ1n) is 8.31. The van der Waals surface area contributed by atoms with E-state index in [1.165, 1.54) is 0 Å². The Morgan fingerprint density at radius 1 is 1.26 bits per heavy atom. The molecule has 0 aliphatic rings. The van der Waals surface area contributed by atoms with Gasteiger partial charge in [0.25, 0.3) is 0 Å². The number of aliphatic hydroxyl groups excluding tert-OH is 1. The molecule has 0 aliphatic heterocycles. The predicted molar refractivity (Wildman–Crippen MR) is 100 cm³/mol. The summed E-state index contributed by atoms with van der Waals surface area (Å²) in [5, 5.41) is 14.6. The maximum absolute atomic E-state index is 10.4. The first kappa shape index (κ1) is 19.4. The Kier molecular flexibility index (Phi) is 6.98. The van der Waals surface area contributed by atoms with Crippen molar-refractivity contribution in [2.45, 2.75) is 46.3 Å². The molecule has 4 heteroatoms. The molecule has 2 N–H and O–H groups in total. The Bertz CT molecular complexity index is 625. The SMILES string of the molecule is CC.CNCC(O)C(C)(C)N(C)c1cc(C)nc2ccccc12. The van der Waals surface area contributed by atoms with E-state index in [0.29, 0.717) is 6.54 Å². The lowest BCUT2D eigenvalue weighted by atomic mass is 9.94. The van der Waals surface area contributed by atoms with Gasteiger partial charge in [-0.25, -0.2) is 0 Å². The number of fused-ring (bicyclic) bond motifs is 1. The molecule has 0 fully saturated rings. The average molecular weight is 317 g/mol. The van der Waals surface area contributed by atoms with Crippen molar-refractivity contribution in [3.8, 4) is 0 Å². The van der Waals surface area contributed by atoms with Crippen LogP contribution in [0, 0.1) is 6.92 Å². The van der Waals surface area contributed by atoms with Crippen molar-refractivity contribution in [1.29, 1.82) is 0 Å². The van der Waals surface area contributed by atoms with Crippen LogP contribution in [0.4, 0.5) is 5.69 Å². The fourth-order valence-electron chi connectivity index (χ4n) is 2.54. The van der Waals surface area contributed by atoms with Crippen molar-refractivity contribution in [2.75, 3.05) is 25.5 Å². The van der Waals surface area contributed by atoms with E-state index in [9.17, 15) is 5.11 Å². The fourth-order valence-corrected chi connectivity index (χ4v) is 2.54. The van der Waals surface area contributed by atoms with Gasteiger partial charge in [-0.05, 0) is 40.0 Å². The standard InChI is InChI=1S/C17H25N3O.C2H6/c1-12-10-15(13-8-6-7-9-14(13)19-12)20(5)17(2,3)16(21)11-18-4;1-2/h6-10,16,18,21H,11H2,1-5H3;1-2H3. The number of pyridine rings is 1. The van der Waals surface area contributed by atoms with Gasteiger partial charge >= 0.3 is 0 Å². The van der Waals surface area contributed by atoms with Gasteiger partial charge in [0, 0.05) is 30.4 Å². The number of nitrogens with zero attached hydrogens (tertiary/aromatic N) is 2. The maximum atomic E-state index is 10.4. The number of benzene rings is 1. The van der Waals surface area contributed by atoms with Gasteiger partial charge in [-0.1, -0.05) is 32.0 Å². The second-order valence-corrected chi connectivity index (χ2v) is 6.09. The number of rotatable bonds is 5. The fraction of sp³-hybridized carbons (Fsp3) is 0.526. The molecule has 0 aliphatic carbocycles.